The van der Waals surface area contributed by atoms with Gasteiger partial charge >= 0.3 is 5.97 Å². The molecule has 1 aromatic carbocycles. The van der Waals surface area contributed by atoms with E-state index in [4.69, 9.17) is 0 Å². The Morgan fingerprint density at radius 3 is 2.22 bits per heavy atom. The van der Waals surface area contributed by atoms with Gasteiger partial charge in [0.2, 0.25) is 5.91 Å². The number of aryl methyl sites for hydroxylation is 1. The Hall–Kier alpha value is -2.10. The average Bonchev–Trinajstić information content (AvgIpc) is 3.18. The highest BCUT2D eigenvalue weighted by atomic mass is 16.4. The molecule has 5 atom stereocenters. The Morgan fingerprint density at radius 2 is 1.70 bits per heavy atom. The molecule has 2 aliphatic rings. The summed E-state index contributed by atoms with van der Waals surface area (Å²) in [4.78, 5) is 25.0. The van der Waals surface area contributed by atoms with Gasteiger partial charge in [-0.1, -0.05) is 48.8 Å². The van der Waals surface area contributed by atoms with E-state index in [1.807, 2.05) is 20.8 Å². The highest BCUT2D eigenvalue weighted by molar-refractivity contribution is 5.87. The van der Waals surface area contributed by atoms with E-state index in [0.29, 0.717) is 0 Å². The van der Waals surface area contributed by atoms with Crippen LogP contribution in [-0.4, -0.2) is 17.0 Å². The van der Waals surface area contributed by atoms with Gasteiger partial charge in [0, 0.05) is 0 Å². The summed E-state index contributed by atoms with van der Waals surface area (Å²) in [6.07, 6.45) is 3.98. The van der Waals surface area contributed by atoms with Gasteiger partial charge in [-0.15, -0.1) is 0 Å². The first kappa shape index (κ1) is 19.7. The molecule has 0 aromatic heterocycles. The Labute approximate surface area is 162 Å². The minimum atomic E-state index is -0.835. The monoisotopic (exact) mass is 369 g/mol. The van der Waals surface area contributed by atoms with E-state index >= 15 is 0 Å². The fourth-order valence-corrected chi connectivity index (χ4v) is 5.26. The van der Waals surface area contributed by atoms with E-state index < -0.39 is 17.8 Å². The summed E-state index contributed by atoms with van der Waals surface area (Å²) in [5.41, 5.74) is 4.76. The maximum absolute atomic E-state index is 13.1. The quantitative estimate of drug-likeness (QED) is 0.725. The Balaban J connectivity index is 1.76. The second kappa shape index (κ2) is 7.87. The van der Waals surface area contributed by atoms with Crippen molar-refractivity contribution in [1.82, 2.24) is 5.32 Å². The van der Waals surface area contributed by atoms with Crippen LogP contribution in [0, 0.1) is 23.7 Å². The van der Waals surface area contributed by atoms with Crippen molar-refractivity contribution < 1.29 is 14.7 Å². The van der Waals surface area contributed by atoms with Crippen LogP contribution in [0.15, 0.2) is 35.4 Å². The first-order valence-electron chi connectivity index (χ1n) is 10.1. The van der Waals surface area contributed by atoms with Gasteiger partial charge in [0.05, 0.1) is 17.9 Å². The van der Waals surface area contributed by atoms with Crippen LogP contribution in [0.3, 0.4) is 0 Å². The molecule has 3 rings (SSSR count). The molecule has 0 radical (unpaired) electrons. The highest BCUT2D eigenvalue weighted by Gasteiger charge is 2.57. The van der Waals surface area contributed by atoms with Crippen LogP contribution >= 0.6 is 0 Å². The number of benzene rings is 1. The summed E-state index contributed by atoms with van der Waals surface area (Å²) in [6, 6.07) is 8.22. The number of amides is 1. The van der Waals surface area contributed by atoms with Crippen molar-refractivity contribution in [3.63, 3.8) is 0 Å². The largest absolute Gasteiger partial charge is 0.481 e. The molecule has 0 saturated heterocycles. The first-order chi connectivity index (χ1) is 12.8. The smallest absolute Gasteiger partial charge is 0.307 e. The van der Waals surface area contributed by atoms with Gasteiger partial charge in [-0.25, -0.2) is 0 Å². The van der Waals surface area contributed by atoms with Crippen molar-refractivity contribution in [2.24, 2.45) is 23.7 Å². The van der Waals surface area contributed by atoms with Crippen LogP contribution in [0.2, 0.25) is 0 Å². The van der Waals surface area contributed by atoms with Crippen molar-refractivity contribution in [3.05, 3.63) is 46.5 Å². The van der Waals surface area contributed by atoms with E-state index in [0.717, 1.165) is 31.2 Å². The Kier molecular flexibility index (Phi) is 5.73. The molecule has 0 heterocycles. The van der Waals surface area contributed by atoms with Crippen LogP contribution in [0.4, 0.5) is 0 Å². The van der Waals surface area contributed by atoms with Crippen LogP contribution in [-0.2, 0) is 16.0 Å². The lowest BCUT2D eigenvalue weighted by Crippen LogP contribution is -2.42. The molecule has 0 unspecified atom stereocenters. The average molecular weight is 370 g/mol. The van der Waals surface area contributed by atoms with E-state index in [-0.39, 0.29) is 23.8 Å². The summed E-state index contributed by atoms with van der Waals surface area (Å²) < 4.78 is 0. The number of aliphatic carboxylic acids is 1. The van der Waals surface area contributed by atoms with Gasteiger partial charge in [-0.3, -0.25) is 9.59 Å². The second-order valence-electron chi connectivity index (χ2n) is 8.36. The minimum Gasteiger partial charge on any atom is -0.481 e. The third kappa shape index (κ3) is 3.67. The van der Waals surface area contributed by atoms with Crippen molar-refractivity contribution in [2.45, 2.75) is 59.4 Å². The van der Waals surface area contributed by atoms with Gasteiger partial charge in [0.1, 0.15) is 0 Å². The van der Waals surface area contributed by atoms with Crippen LogP contribution < -0.4 is 5.32 Å². The molecule has 1 aromatic rings. The molecule has 4 nitrogen and oxygen atoms in total. The number of carbonyl (C=O) groups is 2. The van der Waals surface area contributed by atoms with Crippen LogP contribution in [0.1, 0.15) is 64.1 Å². The predicted octanol–water partition coefficient (Wildman–Crippen LogP) is 4.51. The molecule has 0 spiro atoms. The predicted molar refractivity (Wildman–Crippen MR) is 106 cm³/mol. The maximum atomic E-state index is 13.1. The third-order valence-corrected chi connectivity index (χ3v) is 6.38. The van der Waals surface area contributed by atoms with E-state index in [2.05, 4.69) is 36.5 Å². The van der Waals surface area contributed by atoms with Crippen molar-refractivity contribution in [1.29, 1.82) is 0 Å². The maximum Gasteiger partial charge on any atom is 0.307 e. The van der Waals surface area contributed by atoms with Crippen LogP contribution in [0.5, 0.6) is 0 Å². The highest BCUT2D eigenvalue weighted by Crippen LogP contribution is 2.57. The molecule has 4 heteroatoms. The number of carboxylic acids is 1. The molecule has 2 fully saturated rings. The molecule has 146 valence electrons. The molecule has 2 bridgehead atoms. The zero-order valence-corrected chi connectivity index (χ0v) is 16.8. The molecular weight excluding hydrogens is 338 g/mol. The molecule has 2 aliphatic carbocycles. The zero-order chi connectivity index (χ0) is 19.7. The molecule has 2 saturated carbocycles. The van der Waals surface area contributed by atoms with Crippen LogP contribution in [0.25, 0.3) is 0 Å². The Bertz CT molecular complexity index is 745. The van der Waals surface area contributed by atoms with Gasteiger partial charge in [0.25, 0.3) is 0 Å². The number of rotatable bonds is 6. The van der Waals surface area contributed by atoms with Gasteiger partial charge < -0.3 is 10.4 Å². The van der Waals surface area contributed by atoms with E-state index in [9.17, 15) is 14.7 Å². The summed E-state index contributed by atoms with van der Waals surface area (Å²) in [6.45, 7) is 8.21. The topological polar surface area (TPSA) is 66.4 Å². The number of carboxylic acid groups (broad SMARTS) is 1. The SMILES string of the molecule is CCCc1ccc([C@@H](C)NC(=O)[C@H]2[C@@H](C(=O)O)[C@H]3CC[C@@H]2C3=C(C)C)cc1. The van der Waals surface area contributed by atoms with Gasteiger partial charge in [-0.2, -0.15) is 0 Å². The van der Waals surface area contributed by atoms with E-state index in [1.54, 1.807) is 0 Å². The molecular formula is C23H31NO3. The zero-order valence-electron chi connectivity index (χ0n) is 16.8. The van der Waals surface area contributed by atoms with Gasteiger partial charge in [0.15, 0.2) is 0 Å². The van der Waals surface area contributed by atoms with Crippen molar-refractivity contribution in [2.75, 3.05) is 0 Å². The lowest BCUT2D eigenvalue weighted by atomic mass is 9.78. The van der Waals surface area contributed by atoms with Crippen molar-refractivity contribution >= 4 is 11.9 Å². The second-order valence-corrected chi connectivity index (χ2v) is 8.36. The molecule has 1 amide bonds. The number of allylic oxidation sites excluding steroid dienone is 2. The standard InChI is InChI=1S/C23H31NO3/c1-5-6-15-7-9-16(10-8-15)14(4)24-22(25)20-17-11-12-18(19(17)13(2)3)21(20)23(26)27/h7-10,14,17-18,20-21H,5-6,11-12H2,1-4H3,(H,24,25)(H,26,27)/t14-,17-,18+,20-,21+/m1/s1. The number of hydrogen-bond acceptors (Lipinski definition) is 2. The molecule has 0 aliphatic heterocycles. The fraction of sp³-hybridized carbons (Fsp3) is 0.565. The number of carbonyl (C=O) groups excluding carboxylic acids is 1. The summed E-state index contributed by atoms with van der Waals surface area (Å²) in [7, 11) is 0. The molecule has 27 heavy (non-hydrogen) atoms. The number of hydrogen-bond donors (Lipinski definition) is 2. The normalized spacial score (nSPS) is 27.5. The third-order valence-electron chi connectivity index (χ3n) is 6.38. The minimum absolute atomic E-state index is 0.0249. The summed E-state index contributed by atoms with van der Waals surface area (Å²) in [5.74, 6) is -1.88. The lowest BCUT2D eigenvalue weighted by Gasteiger charge is -2.28. The van der Waals surface area contributed by atoms with E-state index in [1.165, 1.54) is 16.7 Å². The number of fused-ring (bicyclic) bond motifs is 2. The molecule has 2 N–H and O–H groups in total. The Morgan fingerprint density at radius 1 is 1.11 bits per heavy atom. The lowest BCUT2D eigenvalue weighted by molar-refractivity contribution is -0.149. The number of nitrogens with one attached hydrogen (secondary N) is 1. The van der Waals surface area contributed by atoms with Crippen molar-refractivity contribution in [3.8, 4) is 0 Å². The summed E-state index contributed by atoms with van der Waals surface area (Å²) >= 11 is 0. The van der Waals surface area contributed by atoms with Gasteiger partial charge in [-0.05, 0) is 63.0 Å². The fourth-order valence-electron chi connectivity index (χ4n) is 5.26. The first-order valence-corrected chi connectivity index (χ1v) is 10.1. The summed E-state index contributed by atoms with van der Waals surface area (Å²) in [5, 5.41) is 12.9.